The molecule has 0 aliphatic rings. The fraction of sp³-hybridized carbons (Fsp3) is 0.533. The Morgan fingerprint density at radius 1 is 1.24 bits per heavy atom. The number of nitrogens with one attached hydrogen (secondary N) is 1. The minimum Gasteiger partial charge on any atom is -0.354 e. The Kier molecular flexibility index (Phi) is 12.6. The van der Waals surface area contributed by atoms with Gasteiger partial charge in [0.25, 0.3) is 0 Å². The Hall–Kier alpha value is -0.810. The van der Waals surface area contributed by atoms with Crippen molar-refractivity contribution in [3.8, 4) is 0 Å². The average molecular weight is 336 g/mol. The highest BCUT2D eigenvalue weighted by molar-refractivity contribution is 5.85. The van der Waals surface area contributed by atoms with Crippen molar-refractivity contribution in [1.82, 2.24) is 10.2 Å². The number of carbonyl (C=O) groups is 1. The van der Waals surface area contributed by atoms with Crippen molar-refractivity contribution >= 4 is 30.7 Å². The van der Waals surface area contributed by atoms with Gasteiger partial charge in [0.15, 0.2) is 0 Å². The molecule has 1 atom stereocenters. The Morgan fingerprint density at radius 2 is 1.81 bits per heavy atom. The minimum absolute atomic E-state index is 0. The van der Waals surface area contributed by atoms with Gasteiger partial charge in [0.05, 0.1) is 6.04 Å². The zero-order valence-electron chi connectivity index (χ0n) is 13.0. The first-order valence-electron chi connectivity index (χ1n) is 6.74. The van der Waals surface area contributed by atoms with Crippen molar-refractivity contribution in [3.05, 3.63) is 35.4 Å². The van der Waals surface area contributed by atoms with Crippen LogP contribution in [0, 0.1) is 6.92 Å². The first-order valence-corrected chi connectivity index (χ1v) is 6.74. The summed E-state index contributed by atoms with van der Waals surface area (Å²) in [6.07, 6.45) is 1.24. The fourth-order valence-corrected chi connectivity index (χ4v) is 1.95. The van der Waals surface area contributed by atoms with E-state index >= 15 is 0 Å². The van der Waals surface area contributed by atoms with Crippen molar-refractivity contribution in [2.24, 2.45) is 5.73 Å². The van der Waals surface area contributed by atoms with Gasteiger partial charge in [-0.25, -0.2) is 0 Å². The van der Waals surface area contributed by atoms with Gasteiger partial charge < -0.3 is 16.0 Å². The van der Waals surface area contributed by atoms with Gasteiger partial charge in [-0.3, -0.25) is 4.79 Å². The molecule has 0 radical (unpaired) electrons. The highest BCUT2D eigenvalue weighted by atomic mass is 35.5. The molecule has 6 heteroatoms. The lowest BCUT2D eigenvalue weighted by Crippen LogP contribution is -2.34. The predicted octanol–water partition coefficient (Wildman–Crippen LogP) is 2.30. The van der Waals surface area contributed by atoms with E-state index in [1.807, 2.05) is 14.1 Å². The average Bonchev–Trinajstić information content (AvgIpc) is 2.38. The van der Waals surface area contributed by atoms with E-state index in [-0.39, 0.29) is 36.8 Å². The minimum atomic E-state index is 0. The number of rotatable bonds is 7. The Labute approximate surface area is 140 Å². The summed E-state index contributed by atoms with van der Waals surface area (Å²) in [5, 5.41) is 2.98. The molecule has 1 aromatic rings. The van der Waals surface area contributed by atoms with E-state index in [2.05, 4.69) is 41.4 Å². The first-order chi connectivity index (χ1) is 9.04. The number of likely N-dealkylation sites (N-methyl/N-ethyl adjacent to an activating group) is 1. The Morgan fingerprint density at radius 3 is 2.29 bits per heavy atom. The number of hydrogen-bond donors (Lipinski definition) is 2. The molecular weight excluding hydrogens is 309 g/mol. The van der Waals surface area contributed by atoms with Gasteiger partial charge >= 0.3 is 0 Å². The number of hydrogen-bond acceptors (Lipinski definition) is 3. The number of nitrogens with zero attached hydrogens (tertiary/aromatic N) is 1. The second-order valence-electron chi connectivity index (χ2n) is 5.09. The molecule has 122 valence electrons. The first kappa shape index (κ1) is 22.5. The quantitative estimate of drug-likeness (QED) is 0.803. The molecule has 0 saturated carbocycles. The van der Waals surface area contributed by atoms with Crippen molar-refractivity contribution in [1.29, 1.82) is 0 Å². The summed E-state index contributed by atoms with van der Waals surface area (Å²) in [7, 11) is 4.05. The van der Waals surface area contributed by atoms with Crippen molar-refractivity contribution < 1.29 is 4.79 Å². The van der Waals surface area contributed by atoms with Gasteiger partial charge in [-0.2, -0.15) is 0 Å². The molecule has 21 heavy (non-hydrogen) atoms. The van der Waals surface area contributed by atoms with E-state index in [1.165, 1.54) is 11.1 Å². The molecule has 0 aliphatic heterocycles. The van der Waals surface area contributed by atoms with E-state index < -0.39 is 0 Å². The largest absolute Gasteiger partial charge is 0.354 e. The van der Waals surface area contributed by atoms with Crippen LogP contribution < -0.4 is 11.1 Å². The van der Waals surface area contributed by atoms with Crippen molar-refractivity contribution in [2.75, 3.05) is 27.2 Å². The van der Waals surface area contributed by atoms with Crippen molar-refractivity contribution in [3.63, 3.8) is 0 Å². The summed E-state index contributed by atoms with van der Waals surface area (Å²) < 4.78 is 0. The molecule has 0 aromatic heterocycles. The van der Waals surface area contributed by atoms with E-state index in [1.54, 1.807) is 0 Å². The van der Waals surface area contributed by atoms with Crippen molar-refractivity contribution in [2.45, 2.75) is 25.8 Å². The zero-order valence-corrected chi connectivity index (χ0v) is 14.6. The van der Waals surface area contributed by atoms with Crippen LogP contribution in [0.25, 0.3) is 0 Å². The van der Waals surface area contributed by atoms with Crippen LogP contribution >= 0.6 is 24.8 Å². The molecule has 3 N–H and O–H groups in total. The number of halogens is 2. The lowest BCUT2D eigenvalue weighted by molar-refractivity contribution is -0.121. The summed E-state index contributed by atoms with van der Waals surface area (Å²) in [5.74, 6) is 0.0735. The van der Waals surface area contributed by atoms with Gasteiger partial charge in [-0.1, -0.05) is 29.8 Å². The summed E-state index contributed by atoms with van der Waals surface area (Å²) in [5.41, 5.74) is 7.86. The summed E-state index contributed by atoms with van der Waals surface area (Å²) in [6, 6.07) is 8.63. The standard InChI is InChI=1S/C15H25N3O.2ClH/c1-12-6-8-13(9-7-12)14(18(2)3)11-17-15(19)5-4-10-16;;/h6-9,14H,4-5,10-11,16H2,1-3H3,(H,17,19);2*1H. The normalized spacial score (nSPS) is 11.3. The molecule has 1 unspecified atom stereocenters. The van der Waals surface area contributed by atoms with E-state index in [4.69, 9.17) is 5.73 Å². The third-order valence-corrected chi connectivity index (χ3v) is 3.19. The van der Waals surface area contributed by atoms with Gasteiger partial charge in [0.1, 0.15) is 0 Å². The molecule has 1 aromatic carbocycles. The second-order valence-corrected chi connectivity index (χ2v) is 5.09. The molecule has 0 bridgehead atoms. The van der Waals surface area contributed by atoms with Gasteiger partial charge in [0.2, 0.25) is 5.91 Å². The smallest absolute Gasteiger partial charge is 0.220 e. The molecule has 1 rings (SSSR count). The van der Waals surface area contributed by atoms with Gasteiger partial charge in [-0.15, -0.1) is 24.8 Å². The molecule has 0 fully saturated rings. The maximum atomic E-state index is 11.6. The number of aryl methyl sites for hydroxylation is 1. The lowest BCUT2D eigenvalue weighted by Gasteiger charge is -2.25. The maximum Gasteiger partial charge on any atom is 0.220 e. The molecule has 4 nitrogen and oxygen atoms in total. The van der Waals surface area contributed by atoms with Crippen LogP contribution in [0.1, 0.15) is 30.0 Å². The monoisotopic (exact) mass is 335 g/mol. The number of benzene rings is 1. The van der Waals surface area contributed by atoms with E-state index in [0.29, 0.717) is 19.5 Å². The fourth-order valence-electron chi connectivity index (χ4n) is 1.95. The highest BCUT2D eigenvalue weighted by Gasteiger charge is 2.14. The van der Waals surface area contributed by atoms with Crippen LogP contribution in [-0.4, -0.2) is 38.0 Å². The van der Waals surface area contributed by atoms with Crippen LogP contribution in [0.15, 0.2) is 24.3 Å². The molecule has 0 aliphatic carbocycles. The molecule has 0 spiro atoms. The topological polar surface area (TPSA) is 58.4 Å². The van der Waals surface area contributed by atoms with Gasteiger partial charge in [-0.05, 0) is 39.5 Å². The van der Waals surface area contributed by atoms with E-state index in [9.17, 15) is 4.79 Å². The SMILES string of the molecule is Cc1ccc(C(CNC(=O)CCCN)N(C)C)cc1.Cl.Cl. The molecular formula is C15H27Cl2N3O. The summed E-state index contributed by atoms with van der Waals surface area (Å²) >= 11 is 0. The molecule has 1 amide bonds. The zero-order chi connectivity index (χ0) is 14.3. The summed E-state index contributed by atoms with van der Waals surface area (Å²) in [6.45, 7) is 3.25. The van der Waals surface area contributed by atoms with Crippen LogP contribution in [0.5, 0.6) is 0 Å². The third kappa shape index (κ3) is 8.27. The van der Waals surface area contributed by atoms with E-state index in [0.717, 1.165) is 6.42 Å². The van der Waals surface area contributed by atoms with Crippen LogP contribution in [0.4, 0.5) is 0 Å². The molecule has 0 heterocycles. The van der Waals surface area contributed by atoms with Crippen LogP contribution in [0.2, 0.25) is 0 Å². The molecule has 0 saturated heterocycles. The predicted molar refractivity (Wildman–Crippen MR) is 93.4 cm³/mol. The maximum absolute atomic E-state index is 11.6. The third-order valence-electron chi connectivity index (χ3n) is 3.19. The lowest BCUT2D eigenvalue weighted by atomic mass is 10.0. The number of nitrogens with two attached hydrogens (primary N) is 1. The Bertz CT molecular complexity index is 396. The number of carbonyl (C=O) groups excluding carboxylic acids is 1. The Balaban J connectivity index is 0. The highest BCUT2D eigenvalue weighted by Crippen LogP contribution is 2.17. The number of amides is 1. The van der Waals surface area contributed by atoms with Gasteiger partial charge in [0, 0.05) is 13.0 Å². The van der Waals surface area contributed by atoms with Crippen LogP contribution in [0.3, 0.4) is 0 Å². The second kappa shape index (κ2) is 11.8. The van der Waals surface area contributed by atoms with Crippen LogP contribution in [-0.2, 0) is 4.79 Å². The summed E-state index contributed by atoms with van der Waals surface area (Å²) in [4.78, 5) is 13.7.